The third-order valence-corrected chi connectivity index (χ3v) is 4.90. The molecule has 140 valence electrons. The van der Waals surface area contributed by atoms with Crippen LogP contribution in [0.3, 0.4) is 0 Å². The number of methoxy groups -OCH3 is 1. The summed E-state index contributed by atoms with van der Waals surface area (Å²) in [7, 11) is 1.61. The van der Waals surface area contributed by atoms with Gasteiger partial charge in [-0.3, -0.25) is 14.2 Å². The van der Waals surface area contributed by atoms with E-state index in [4.69, 9.17) is 9.47 Å². The Hall–Kier alpha value is -2.80. The summed E-state index contributed by atoms with van der Waals surface area (Å²) in [5.41, 5.74) is 1.41. The molecule has 3 aromatic rings. The van der Waals surface area contributed by atoms with Gasteiger partial charge in [0.2, 0.25) is 0 Å². The van der Waals surface area contributed by atoms with E-state index in [0.29, 0.717) is 29.2 Å². The Morgan fingerprint density at radius 3 is 2.59 bits per heavy atom. The fraction of sp³-hybridized carbons (Fsp3) is 0.250. The highest BCUT2D eigenvalue weighted by Gasteiger charge is 2.14. The quantitative estimate of drug-likeness (QED) is 0.354. The van der Waals surface area contributed by atoms with Gasteiger partial charge < -0.3 is 9.47 Å². The molecule has 3 rings (SSSR count). The molecule has 6 nitrogen and oxygen atoms in total. The highest BCUT2D eigenvalue weighted by Crippen LogP contribution is 2.20. The molecule has 0 atom stereocenters. The van der Waals surface area contributed by atoms with Crippen LogP contribution in [0.2, 0.25) is 0 Å². The number of esters is 1. The second kappa shape index (κ2) is 8.73. The molecule has 0 saturated carbocycles. The standard InChI is InChI=1S/C20H20N2O4S/c1-3-26-18(23)13-27-20-21-17-7-5-4-6-16(17)19(24)22(20)12-14-8-10-15(25-2)11-9-14/h4-11H,3,12-13H2,1-2H3. The lowest BCUT2D eigenvalue weighted by Crippen LogP contribution is -2.24. The summed E-state index contributed by atoms with van der Waals surface area (Å²) in [4.78, 5) is 29.3. The first-order valence-electron chi connectivity index (χ1n) is 8.53. The normalized spacial score (nSPS) is 10.7. The number of benzene rings is 2. The van der Waals surface area contributed by atoms with Crippen LogP contribution >= 0.6 is 11.8 Å². The zero-order valence-electron chi connectivity index (χ0n) is 15.2. The van der Waals surface area contributed by atoms with E-state index in [1.807, 2.05) is 36.4 Å². The number of aromatic nitrogens is 2. The monoisotopic (exact) mass is 384 g/mol. The van der Waals surface area contributed by atoms with Gasteiger partial charge in [0.05, 0.1) is 36.9 Å². The molecule has 0 N–H and O–H groups in total. The average Bonchev–Trinajstić information content (AvgIpc) is 2.69. The number of carbonyl (C=O) groups excluding carboxylic acids is 1. The first kappa shape index (κ1) is 19.0. The minimum atomic E-state index is -0.332. The van der Waals surface area contributed by atoms with E-state index >= 15 is 0 Å². The topological polar surface area (TPSA) is 70.4 Å². The Kier molecular flexibility index (Phi) is 6.13. The minimum Gasteiger partial charge on any atom is -0.497 e. The van der Waals surface area contributed by atoms with Crippen molar-refractivity contribution in [2.75, 3.05) is 19.5 Å². The van der Waals surface area contributed by atoms with Gasteiger partial charge in [0.15, 0.2) is 5.16 Å². The predicted molar refractivity (Wildman–Crippen MR) is 105 cm³/mol. The van der Waals surface area contributed by atoms with Crippen LogP contribution in [-0.4, -0.2) is 35.0 Å². The summed E-state index contributed by atoms with van der Waals surface area (Å²) in [6, 6.07) is 14.7. The van der Waals surface area contributed by atoms with Crippen LogP contribution in [0.4, 0.5) is 0 Å². The molecule has 0 spiro atoms. The fourth-order valence-electron chi connectivity index (χ4n) is 2.64. The number of ether oxygens (including phenoxy) is 2. The van der Waals surface area contributed by atoms with E-state index < -0.39 is 0 Å². The van der Waals surface area contributed by atoms with Gasteiger partial charge in [-0.25, -0.2) is 4.98 Å². The van der Waals surface area contributed by atoms with Crippen molar-refractivity contribution >= 4 is 28.6 Å². The summed E-state index contributed by atoms with van der Waals surface area (Å²) in [5.74, 6) is 0.516. The maximum absolute atomic E-state index is 13.0. The molecule has 0 unspecified atom stereocenters. The molecule has 0 bridgehead atoms. The van der Waals surface area contributed by atoms with Crippen molar-refractivity contribution in [3.05, 3.63) is 64.4 Å². The van der Waals surface area contributed by atoms with Gasteiger partial charge >= 0.3 is 5.97 Å². The Balaban J connectivity index is 1.98. The van der Waals surface area contributed by atoms with Crippen molar-refractivity contribution in [3.63, 3.8) is 0 Å². The van der Waals surface area contributed by atoms with Crippen LogP contribution < -0.4 is 10.3 Å². The van der Waals surface area contributed by atoms with Crippen molar-refractivity contribution in [1.29, 1.82) is 0 Å². The summed E-state index contributed by atoms with van der Waals surface area (Å²) in [6.07, 6.45) is 0. The van der Waals surface area contributed by atoms with Crippen molar-refractivity contribution in [3.8, 4) is 5.75 Å². The summed E-state index contributed by atoms with van der Waals surface area (Å²) < 4.78 is 11.7. The highest BCUT2D eigenvalue weighted by atomic mass is 32.2. The van der Waals surface area contributed by atoms with E-state index in [-0.39, 0.29) is 17.3 Å². The smallest absolute Gasteiger partial charge is 0.316 e. The second-order valence-corrected chi connectivity index (χ2v) is 6.69. The SMILES string of the molecule is CCOC(=O)CSc1nc2ccccc2c(=O)n1Cc1ccc(OC)cc1. The molecule has 7 heteroatoms. The first-order valence-corrected chi connectivity index (χ1v) is 9.52. The third-order valence-electron chi connectivity index (χ3n) is 3.95. The number of nitrogens with zero attached hydrogens (tertiary/aromatic N) is 2. The van der Waals surface area contributed by atoms with Crippen LogP contribution in [0.25, 0.3) is 10.9 Å². The minimum absolute atomic E-state index is 0.0984. The lowest BCUT2D eigenvalue weighted by molar-refractivity contribution is -0.139. The second-order valence-electron chi connectivity index (χ2n) is 5.74. The van der Waals surface area contributed by atoms with Gasteiger partial charge in [-0.15, -0.1) is 0 Å². The number of hydrogen-bond acceptors (Lipinski definition) is 6. The van der Waals surface area contributed by atoms with Crippen molar-refractivity contribution < 1.29 is 14.3 Å². The molecular weight excluding hydrogens is 364 g/mol. The molecule has 0 aliphatic carbocycles. The Bertz CT molecular complexity index is 999. The van der Waals surface area contributed by atoms with E-state index in [1.54, 1.807) is 30.7 Å². The third kappa shape index (κ3) is 4.49. The van der Waals surface area contributed by atoms with Crippen LogP contribution in [0.15, 0.2) is 58.5 Å². The predicted octanol–water partition coefficient (Wildman–Crippen LogP) is 3.11. The molecule has 2 aromatic carbocycles. The maximum Gasteiger partial charge on any atom is 0.316 e. The highest BCUT2D eigenvalue weighted by molar-refractivity contribution is 7.99. The van der Waals surface area contributed by atoms with Gasteiger partial charge in [0.1, 0.15) is 5.75 Å². The Morgan fingerprint density at radius 1 is 1.15 bits per heavy atom. The van der Waals surface area contributed by atoms with Crippen molar-refractivity contribution in [1.82, 2.24) is 9.55 Å². The van der Waals surface area contributed by atoms with Gasteiger partial charge in [0.25, 0.3) is 5.56 Å². The van der Waals surface area contributed by atoms with Gasteiger partial charge in [0, 0.05) is 0 Å². The first-order chi connectivity index (χ1) is 13.1. The number of rotatable bonds is 7. The van der Waals surface area contributed by atoms with Crippen LogP contribution in [-0.2, 0) is 16.1 Å². The molecule has 27 heavy (non-hydrogen) atoms. The fourth-order valence-corrected chi connectivity index (χ4v) is 3.43. The molecule has 0 amide bonds. The summed E-state index contributed by atoms with van der Waals surface area (Å²) >= 11 is 1.20. The Labute approximate surface area is 161 Å². The summed E-state index contributed by atoms with van der Waals surface area (Å²) in [5, 5.41) is 1.04. The molecule has 0 fully saturated rings. The molecule has 1 heterocycles. The van der Waals surface area contributed by atoms with Crippen LogP contribution in [0, 0.1) is 0 Å². The number of fused-ring (bicyclic) bond motifs is 1. The lowest BCUT2D eigenvalue weighted by Gasteiger charge is -2.13. The zero-order chi connectivity index (χ0) is 19.2. The maximum atomic E-state index is 13.0. The molecule has 0 aliphatic rings. The van der Waals surface area contributed by atoms with E-state index in [1.165, 1.54) is 11.8 Å². The molecular formula is C20H20N2O4S. The zero-order valence-corrected chi connectivity index (χ0v) is 16.0. The largest absolute Gasteiger partial charge is 0.497 e. The van der Waals surface area contributed by atoms with Crippen molar-refractivity contribution in [2.24, 2.45) is 0 Å². The average molecular weight is 384 g/mol. The number of para-hydroxylation sites is 1. The van der Waals surface area contributed by atoms with E-state index in [9.17, 15) is 9.59 Å². The molecule has 0 aliphatic heterocycles. The van der Waals surface area contributed by atoms with Gasteiger partial charge in [-0.05, 0) is 36.8 Å². The molecule has 0 radical (unpaired) electrons. The molecule has 1 aromatic heterocycles. The van der Waals surface area contributed by atoms with Gasteiger partial charge in [-0.2, -0.15) is 0 Å². The van der Waals surface area contributed by atoms with Crippen LogP contribution in [0.5, 0.6) is 5.75 Å². The molecule has 0 saturated heterocycles. The lowest BCUT2D eigenvalue weighted by atomic mass is 10.2. The number of thioether (sulfide) groups is 1. The van der Waals surface area contributed by atoms with Crippen LogP contribution in [0.1, 0.15) is 12.5 Å². The van der Waals surface area contributed by atoms with E-state index in [0.717, 1.165) is 11.3 Å². The van der Waals surface area contributed by atoms with E-state index in [2.05, 4.69) is 4.98 Å². The number of hydrogen-bond donors (Lipinski definition) is 0. The number of carbonyl (C=O) groups is 1. The van der Waals surface area contributed by atoms with Crippen molar-refractivity contribution in [2.45, 2.75) is 18.6 Å². The van der Waals surface area contributed by atoms with Gasteiger partial charge in [-0.1, -0.05) is 36.0 Å². The Morgan fingerprint density at radius 2 is 1.89 bits per heavy atom. The summed E-state index contributed by atoms with van der Waals surface area (Å²) in [6.45, 7) is 2.44.